The van der Waals surface area contributed by atoms with E-state index in [0.29, 0.717) is 11.3 Å². The molecule has 29 heavy (non-hydrogen) atoms. The highest BCUT2D eigenvalue weighted by molar-refractivity contribution is 9.10. The van der Waals surface area contributed by atoms with E-state index in [-0.39, 0.29) is 17.3 Å². The Labute approximate surface area is 177 Å². The van der Waals surface area contributed by atoms with Crippen molar-refractivity contribution < 1.29 is 17.6 Å². The number of anilines is 1. The van der Waals surface area contributed by atoms with Gasteiger partial charge in [-0.05, 0) is 66.6 Å². The van der Waals surface area contributed by atoms with Crippen molar-refractivity contribution in [2.75, 3.05) is 5.32 Å². The van der Waals surface area contributed by atoms with Crippen LogP contribution in [0.5, 0.6) is 0 Å². The van der Waals surface area contributed by atoms with Crippen molar-refractivity contribution in [1.29, 1.82) is 0 Å². The summed E-state index contributed by atoms with van der Waals surface area (Å²) in [5, 5.41) is 2.81. The maximum Gasteiger partial charge on any atom is 0.248 e. The van der Waals surface area contributed by atoms with E-state index in [9.17, 15) is 13.2 Å². The maximum absolute atomic E-state index is 12.3. The number of rotatable bonds is 7. The Bertz CT molecular complexity index is 1120. The fourth-order valence-corrected chi connectivity index (χ4v) is 4.00. The first-order valence-electron chi connectivity index (χ1n) is 8.71. The second-order valence-corrected chi connectivity index (χ2v) is 8.94. The fourth-order valence-electron chi connectivity index (χ4n) is 2.53. The normalized spacial score (nSPS) is 11.7. The second kappa shape index (κ2) is 9.21. The van der Waals surface area contributed by atoms with E-state index in [1.54, 1.807) is 30.3 Å². The number of benzene rings is 2. The van der Waals surface area contributed by atoms with Gasteiger partial charge in [-0.1, -0.05) is 28.1 Å². The van der Waals surface area contributed by atoms with E-state index in [4.69, 9.17) is 4.42 Å². The number of carbonyl (C=O) groups excluding carboxylic acids is 1. The smallest absolute Gasteiger partial charge is 0.248 e. The molecule has 2 N–H and O–H groups in total. The van der Waals surface area contributed by atoms with Crippen molar-refractivity contribution in [3.05, 3.63) is 88.3 Å². The number of hydrogen-bond donors (Lipinski definition) is 2. The molecule has 0 saturated carbocycles. The van der Waals surface area contributed by atoms with Gasteiger partial charge in [0.2, 0.25) is 15.9 Å². The number of furan rings is 1. The summed E-state index contributed by atoms with van der Waals surface area (Å²) in [5.41, 5.74) is 2.38. The van der Waals surface area contributed by atoms with E-state index in [1.165, 1.54) is 24.5 Å². The van der Waals surface area contributed by atoms with Crippen LogP contribution in [0.3, 0.4) is 0 Å². The summed E-state index contributed by atoms with van der Waals surface area (Å²) in [7, 11) is -3.65. The van der Waals surface area contributed by atoms with Crippen LogP contribution in [0, 0.1) is 6.92 Å². The van der Waals surface area contributed by atoms with E-state index >= 15 is 0 Å². The molecular weight excluding hydrogens is 456 g/mol. The predicted octanol–water partition coefficient (Wildman–Crippen LogP) is 4.48. The fraction of sp³-hybridized carbons (Fsp3) is 0.0952. The van der Waals surface area contributed by atoms with Crippen LogP contribution < -0.4 is 10.0 Å². The van der Waals surface area contributed by atoms with Gasteiger partial charge in [-0.15, -0.1) is 0 Å². The van der Waals surface area contributed by atoms with Crippen LogP contribution in [0.25, 0.3) is 6.08 Å². The molecule has 0 bridgehead atoms. The van der Waals surface area contributed by atoms with Gasteiger partial charge in [-0.3, -0.25) is 4.79 Å². The molecule has 0 aliphatic rings. The van der Waals surface area contributed by atoms with Gasteiger partial charge in [-0.25, -0.2) is 13.1 Å². The van der Waals surface area contributed by atoms with E-state index in [1.807, 2.05) is 25.1 Å². The van der Waals surface area contributed by atoms with E-state index in [2.05, 4.69) is 26.0 Å². The van der Waals surface area contributed by atoms with Crippen LogP contribution in [0.15, 0.2) is 80.7 Å². The lowest BCUT2D eigenvalue weighted by Crippen LogP contribution is -2.22. The van der Waals surface area contributed by atoms with E-state index < -0.39 is 10.0 Å². The second-order valence-electron chi connectivity index (χ2n) is 6.25. The van der Waals surface area contributed by atoms with E-state index in [0.717, 1.165) is 15.7 Å². The third-order valence-electron chi connectivity index (χ3n) is 4.08. The Balaban J connectivity index is 1.61. The molecule has 0 atom stereocenters. The highest BCUT2D eigenvalue weighted by Gasteiger charge is 2.14. The quantitative estimate of drug-likeness (QED) is 0.494. The Morgan fingerprint density at radius 2 is 1.90 bits per heavy atom. The lowest BCUT2D eigenvalue weighted by atomic mass is 10.2. The monoisotopic (exact) mass is 474 g/mol. The molecule has 0 radical (unpaired) electrons. The minimum Gasteiger partial charge on any atom is -0.468 e. The summed E-state index contributed by atoms with van der Waals surface area (Å²) in [5.74, 6) is 0.257. The summed E-state index contributed by atoms with van der Waals surface area (Å²) >= 11 is 3.38. The predicted molar refractivity (Wildman–Crippen MR) is 116 cm³/mol. The van der Waals surface area contributed by atoms with Gasteiger partial charge in [0, 0.05) is 16.2 Å². The van der Waals surface area contributed by atoms with Crippen molar-refractivity contribution in [3.63, 3.8) is 0 Å². The van der Waals surface area contributed by atoms with Crippen LogP contribution in [0.1, 0.15) is 16.9 Å². The lowest BCUT2D eigenvalue weighted by Gasteiger charge is -2.07. The number of amides is 1. The Kier molecular flexibility index (Phi) is 6.68. The SMILES string of the molecule is Cc1cc(Br)ccc1NC(=O)/C=C/c1ccc(S(=O)(=O)NCc2ccco2)cc1. The molecule has 3 rings (SSSR count). The molecule has 0 saturated heterocycles. The number of sulfonamides is 1. The molecular formula is C21H19BrN2O4S. The zero-order valence-corrected chi connectivity index (χ0v) is 18.0. The maximum atomic E-state index is 12.3. The number of hydrogen-bond acceptors (Lipinski definition) is 4. The van der Waals surface area contributed by atoms with Gasteiger partial charge < -0.3 is 9.73 Å². The van der Waals surface area contributed by atoms with Crippen molar-refractivity contribution in [1.82, 2.24) is 4.72 Å². The Hall–Kier alpha value is -2.68. The lowest BCUT2D eigenvalue weighted by molar-refractivity contribution is -0.111. The summed E-state index contributed by atoms with van der Waals surface area (Å²) in [6, 6.07) is 15.2. The molecule has 0 fully saturated rings. The van der Waals surface area contributed by atoms with Crippen LogP contribution in [-0.2, 0) is 21.4 Å². The first-order valence-corrected chi connectivity index (χ1v) is 11.0. The zero-order chi connectivity index (χ0) is 20.9. The number of nitrogens with one attached hydrogen (secondary N) is 2. The van der Waals surface area contributed by atoms with Crippen molar-refractivity contribution in [2.45, 2.75) is 18.4 Å². The molecule has 3 aromatic rings. The van der Waals surface area contributed by atoms with Crippen LogP contribution in [-0.4, -0.2) is 14.3 Å². The molecule has 0 aliphatic heterocycles. The highest BCUT2D eigenvalue weighted by Crippen LogP contribution is 2.20. The number of carbonyl (C=O) groups is 1. The van der Waals surface area contributed by atoms with Gasteiger partial charge in [-0.2, -0.15) is 0 Å². The molecule has 2 aromatic carbocycles. The average Bonchev–Trinajstić information content (AvgIpc) is 3.21. The minimum absolute atomic E-state index is 0.0760. The van der Waals surface area contributed by atoms with Gasteiger partial charge >= 0.3 is 0 Å². The molecule has 0 unspecified atom stereocenters. The van der Waals surface area contributed by atoms with Crippen molar-refractivity contribution in [3.8, 4) is 0 Å². The molecule has 8 heteroatoms. The molecule has 150 valence electrons. The molecule has 0 spiro atoms. The molecule has 0 aliphatic carbocycles. The average molecular weight is 475 g/mol. The van der Waals surface area contributed by atoms with Gasteiger partial charge in [0.05, 0.1) is 17.7 Å². The highest BCUT2D eigenvalue weighted by atomic mass is 79.9. The van der Waals surface area contributed by atoms with Gasteiger partial charge in [0.15, 0.2) is 0 Å². The van der Waals surface area contributed by atoms with Crippen molar-refractivity contribution >= 4 is 43.6 Å². The molecule has 1 aromatic heterocycles. The molecule has 1 amide bonds. The third kappa shape index (κ3) is 5.90. The minimum atomic E-state index is -3.65. The van der Waals surface area contributed by atoms with Gasteiger partial charge in [0.1, 0.15) is 5.76 Å². The summed E-state index contributed by atoms with van der Waals surface area (Å²) < 4.78 is 33.2. The largest absolute Gasteiger partial charge is 0.468 e. The number of aryl methyl sites for hydroxylation is 1. The molecule has 1 heterocycles. The summed E-state index contributed by atoms with van der Waals surface area (Å²) in [4.78, 5) is 12.3. The van der Waals surface area contributed by atoms with Crippen LogP contribution in [0.4, 0.5) is 5.69 Å². The first kappa shape index (κ1) is 21.0. The Morgan fingerprint density at radius 1 is 1.14 bits per heavy atom. The summed E-state index contributed by atoms with van der Waals surface area (Å²) in [6.45, 7) is 1.98. The number of halogens is 1. The van der Waals surface area contributed by atoms with Crippen LogP contribution in [0.2, 0.25) is 0 Å². The first-order chi connectivity index (χ1) is 13.8. The zero-order valence-electron chi connectivity index (χ0n) is 15.6. The summed E-state index contributed by atoms with van der Waals surface area (Å²) in [6.07, 6.45) is 4.51. The third-order valence-corrected chi connectivity index (χ3v) is 5.99. The van der Waals surface area contributed by atoms with Gasteiger partial charge in [0.25, 0.3) is 0 Å². The molecule has 6 nitrogen and oxygen atoms in total. The topological polar surface area (TPSA) is 88.4 Å². The Morgan fingerprint density at radius 3 is 2.55 bits per heavy atom. The van der Waals surface area contributed by atoms with Crippen molar-refractivity contribution in [2.24, 2.45) is 0 Å². The standard InChI is InChI=1S/C21H19BrN2O4S/c1-15-13-17(22)7-10-20(15)24-21(25)11-6-16-4-8-19(9-5-16)29(26,27)23-14-18-3-2-12-28-18/h2-13,23H,14H2,1H3,(H,24,25)/b11-6+. The van der Waals surface area contributed by atoms with Crippen LogP contribution >= 0.6 is 15.9 Å².